The Morgan fingerprint density at radius 3 is 2.60 bits per heavy atom. The fourth-order valence-electron chi connectivity index (χ4n) is 2.39. The van der Waals surface area contributed by atoms with E-state index in [0.717, 1.165) is 31.4 Å². The molecule has 1 fully saturated rings. The number of urea groups is 1. The monoisotopic (exact) mass is 284 g/mol. The van der Waals surface area contributed by atoms with Crippen molar-refractivity contribution in [2.45, 2.75) is 37.7 Å². The molecule has 110 valence electrons. The smallest absolute Gasteiger partial charge is 0.319 e. The number of hydrogen-bond donors (Lipinski definition) is 3. The van der Waals surface area contributed by atoms with Crippen LogP contribution in [0, 0.1) is 11.6 Å². The number of hydrogen-bond acceptors (Lipinski definition) is 2. The highest BCUT2D eigenvalue weighted by Crippen LogP contribution is 2.27. The fourth-order valence-corrected chi connectivity index (χ4v) is 2.39. The third-order valence-electron chi connectivity index (χ3n) is 3.54. The normalized spacial score (nSPS) is 17.6. The summed E-state index contributed by atoms with van der Waals surface area (Å²) < 4.78 is 26.1. The van der Waals surface area contributed by atoms with Gasteiger partial charge in [-0.1, -0.05) is 19.3 Å². The predicted octanol–water partition coefficient (Wildman–Crippen LogP) is 2.78. The van der Waals surface area contributed by atoms with Crippen molar-refractivity contribution in [3.8, 4) is 0 Å². The van der Waals surface area contributed by atoms with Gasteiger partial charge in [-0.05, 0) is 25.0 Å². The van der Waals surface area contributed by atoms with Crippen LogP contribution in [0.2, 0.25) is 0 Å². The van der Waals surface area contributed by atoms with Crippen LogP contribution >= 0.6 is 0 Å². The molecule has 0 aliphatic heterocycles. The Morgan fingerprint density at radius 1 is 1.25 bits per heavy atom. The molecule has 0 spiro atoms. The van der Waals surface area contributed by atoms with Crippen LogP contribution in [0.1, 0.15) is 32.1 Å². The summed E-state index contributed by atoms with van der Waals surface area (Å²) in [5, 5.41) is 15.0. The van der Waals surface area contributed by atoms with E-state index in [0.29, 0.717) is 18.9 Å². The number of anilines is 1. The molecule has 6 heteroatoms. The van der Waals surface area contributed by atoms with Crippen molar-refractivity contribution in [3.05, 3.63) is 29.8 Å². The molecule has 4 nitrogen and oxygen atoms in total. The second-order valence-corrected chi connectivity index (χ2v) is 5.22. The van der Waals surface area contributed by atoms with Gasteiger partial charge in [-0.15, -0.1) is 0 Å². The molecule has 2 amide bonds. The first-order valence-electron chi connectivity index (χ1n) is 6.71. The molecule has 1 aliphatic carbocycles. The molecule has 1 aromatic rings. The first-order valence-corrected chi connectivity index (χ1v) is 6.71. The summed E-state index contributed by atoms with van der Waals surface area (Å²) in [4.78, 5) is 11.6. The van der Waals surface area contributed by atoms with Crippen molar-refractivity contribution >= 4 is 11.7 Å². The summed E-state index contributed by atoms with van der Waals surface area (Å²) in [5.74, 6) is -1.54. The summed E-state index contributed by atoms with van der Waals surface area (Å²) in [6, 6.07) is 2.30. The molecular formula is C14H18F2N2O2. The lowest BCUT2D eigenvalue weighted by molar-refractivity contribution is 0.00755. The maximum atomic E-state index is 13.3. The maximum absolute atomic E-state index is 13.3. The summed E-state index contributed by atoms with van der Waals surface area (Å²) in [6.45, 7) is 0.127. The molecule has 1 saturated carbocycles. The largest absolute Gasteiger partial charge is 0.388 e. The van der Waals surface area contributed by atoms with E-state index in [-0.39, 0.29) is 12.2 Å². The zero-order valence-electron chi connectivity index (χ0n) is 11.1. The van der Waals surface area contributed by atoms with Crippen LogP contribution in [-0.4, -0.2) is 23.3 Å². The standard InChI is InChI=1S/C14H18F2N2O2/c15-10-4-5-12(11(16)8-10)18-13(19)17-9-14(20)6-2-1-3-7-14/h4-5,8,20H,1-3,6-7,9H2,(H2,17,18,19). The lowest BCUT2D eigenvalue weighted by Gasteiger charge is -2.32. The third-order valence-corrected chi connectivity index (χ3v) is 3.54. The molecule has 3 N–H and O–H groups in total. The highest BCUT2D eigenvalue weighted by atomic mass is 19.1. The summed E-state index contributed by atoms with van der Waals surface area (Å²) in [6.07, 6.45) is 4.27. The number of carbonyl (C=O) groups is 1. The van der Waals surface area contributed by atoms with E-state index in [1.807, 2.05) is 0 Å². The number of halogens is 2. The van der Waals surface area contributed by atoms with E-state index >= 15 is 0 Å². The molecule has 0 unspecified atom stereocenters. The number of rotatable bonds is 3. The molecule has 0 bridgehead atoms. The minimum atomic E-state index is -0.878. The van der Waals surface area contributed by atoms with Gasteiger partial charge < -0.3 is 15.7 Å². The van der Waals surface area contributed by atoms with Crippen LogP contribution in [0.15, 0.2) is 18.2 Å². The molecule has 1 aliphatic rings. The van der Waals surface area contributed by atoms with Gasteiger partial charge >= 0.3 is 6.03 Å². The first kappa shape index (κ1) is 14.7. The van der Waals surface area contributed by atoms with Gasteiger partial charge in [0.15, 0.2) is 0 Å². The van der Waals surface area contributed by atoms with Crippen molar-refractivity contribution in [1.29, 1.82) is 0 Å². The number of benzene rings is 1. The van der Waals surface area contributed by atoms with Crippen molar-refractivity contribution in [2.75, 3.05) is 11.9 Å². The van der Waals surface area contributed by atoms with Crippen LogP contribution in [-0.2, 0) is 0 Å². The van der Waals surface area contributed by atoms with Gasteiger partial charge in [-0.3, -0.25) is 0 Å². The lowest BCUT2D eigenvalue weighted by atomic mass is 9.85. The van der Waals surface area contributed by atoms with E-state index in [1.165, 1.54) is 0 Å². The SMILES string of the molecule is O=C(NCC1(O)CCCCC1)Nc1ccc(F)cc1F. The fraction of sp³-hybridized carbons (Fsp3) is 0.500. The number of aliphatic hydroxyl groups is 1. The van der Waals surface area contributed by atoms with E-state index in [1.54, 1.807) is 0 Å². The Labute approximate surface area is 116 Å². The molecule has 0 aromatic heterocycles. The number of amides is 2. The summed E-state index contributed by atoms with van der Waals surface area (Å²) in [7, 11) is 0. The number of nitrogens with one attached hydrogen (secondary N) is 2. The van der Waals surface area contributed by atoms with Gasteiger partial charge in [-0.2, -0.15) is 0 Å². The molecule has 0 saturated heterocycles. The summed E-state index contributed by atoms with van der Waals surface area (Å²) in [5.41, 5.74) is -0.976. The van der Waals surface area contributed by atoms with Gasteiger partial charge in [0.1, 0.15) is 11.6 Å². The van der Waals surface area contributed by atoms with Crippen LogP contribution in [0.5, 0.6) is 0 Å². The van der Waals surface area contributed by atoms with E-state index in [4.69, 9.17) is 0 Å². The van der Waals surface area contributed by atoms with Gasteiger partial charge in [0.05, 0.1) is 11.3 Å². The minimum Gasteiger partial charge on any atom is -0.388 e. The Bertz CT molecular complexity index is 488. The Kier molecular flexibility index (Phi) is 4.54. The van der Waals surface area contributed by atoms with Gasteiger partial charge in [0.2, 0.25) is 0 Å². The minimum absolute atomic E-state index is 0.0977. The maximum Gasteiger partial charge on any atom is 0.319 e. The second kappa shape index (κ2) is 6.17. The highest BCUT2D eigenvalue weighted by Gasteiger charge is 2.29. The van der Waals surface area contributed by atoms with Crippen molar-refractivity contribution < 1.29 is 18.7 Å². The Morgan fingerprint density at radius 2 is 1.95 bits per heavy atom. The molecular weight excluding hydrogens is 266 g/mol. The quantitative estimate of drug-likeness (QED) is 0.799. The van der Waals surface area contributed by atoms with Crippen molar-refractivity contribution in [2.24, 2.45) is 0 Å². The Hall–Kier alpha value is -1.69. The topological polar surface area (TPSA) is 61.4 Å². The zero-order chi connectivity index (χ0) is 14.6. The van der Waals surface area contributed by atoms with Crippen molar-refractivity contribution in [1.82, 2.24) is 5.32 Å². The molecule has 20 heavy (non-hydrogen) atoms. The van der Waals surface area contributed by atoms with E-state index < -0.39 is 23.3 Å². The van der Waals surface area contributed by atoms with Crippen molar-refractivity contribution in [3.63, 3.8) is 0 Å². The average molecular weight is 284 g/mol. The zero-order valence-corrected chi connectivity index (χ0v) is 11.1. The number of carbonyl (C=O) groups excluding carboxylic acids is 1. The highest BCUT2D eigenvalue weighted by molar-refractivity contribution is 5.89. The van der Waals surface area contributed by atoms with Crippen LogP contribution in [0.3, 0.4) is 0 Å². The third kappa shape index (κ3) is 3.90. The predicted molar refractivity (Wildman–Crippen MR) is 71.4 cm³/mol. The van der Waals surface area contributed by atoms with Crippen LogP contribution in [0.25, 0.3) is 0 Å². The Balaban J connectivity index is 1.86. The molecule has 0 heterocycles. The molecule has 0 radical (unpaired) electrons. The van der Waals surface area contributed by atoms with Gasteiger partial charge in [-0.25, -0.2) is 13.6 Å². The average Bonchev–Trinajstić information content (AvgIpc) is 2.41. The molecule has 0 atom stereocenters. The second-order valence-electron chi connectivity index (χ2n) is 5.22. The lowest BCUT2D eigenvalue weighted by Crippen LogP contribution is -2.45. The molecule has 2 rings (SSSR count). The van der Waals surface area contributed by atoms with E-state index in [9.17, 15) is 18.7 Å². The van der Waals surface area contributed by atoms with Gasteiger partial charge in [0, 0.05) is 12.6 Å². The summed E-state index contributed by atoms with van der Waals surface area (Å²) >= 11 is 0. The molecule has 1 aromatic carbocycles. The van der Waals surface area contributed by atoms with Crippen LogP contribution < -0.4 is 10.6 Å². The van der Waals surface area contributed by atoms with Crippen LogP contribution in [0.4, 0.5) is 19.3 Å². The first-order chi connectivity index (χ1) is 9.48. The van der Waals surface area contributed by atoms with Gasteiger partial charge in [0.25, 0.3) is 0 Å². The van der Waals surface area contributed by atoms with E-state index in [2.05, 4.69) is 10.6 Å².